The van der Waals surface area contributed by atoms with Gasteiger partial charge in [-0.05, 0) is 42.6 Å². The van der Waals surface area contributed by atoms with E-state index in [1.165, 1.54) is 25.7 Å². The fraction of sp³-hybridized carbons (Fsp3) is 0.533. The van der Waals surface area contributed by atoms with Crippen molar-refractivity contribution in [3.8, 4) is 0 Å². The largest absolute Gasteiger partial charge is 0.360 e. The highest BCUT2D eigenvalue weighted by Crippen LogP contribution is 2.23. The van der Waals surface area contributed by atoms with E-state index < -0.39 is 0 Å². The Labute approximate surface area is 125 Å². The highest BCUT2D eigenvalue weighted by atomic mass is 35.5. The van der Waals surface area contributed by atoms with Gasteiger partial charge in [-0.2, -0.15) is 0 Å². The Balaban J connectivity index is 1.80. The Morgan fingerprint density at radius 1 is 1.32 bits per heavy atom. The molecule has 1 saturated carbocycles. The number of halogens is 1. The summed E-state index contributed by atoms with van der Waals surface area (Å²) in [5.74, 6) is 0.703. The minimum Gasteiger partial charge on any atom is -0.360 e. The molecule has 1 aliphatic rings. The standard InChI is InChI=1S/C15H21ClN2S/c1-11-6-2-5-9-14(11)18-15(19)17-10-12-7-3-4-8-13(12)16/h3-4,7-8,11,14H,2,5-6,9-10H2,1H3,(H2,17,18,19)/t11-,14+/m1/s1. The highest BCUT2D eigenvalue weighted by Gasteiger charge is 2.21. The summed E-state index contributed by atoms with van der Waals surface area (Å²) < 4.78 is 0. The molecule has 2 nitrogen and oxygen atoms in total. The van der Waals surface area contributed by atoms with E-state index in [-0.39, 0.29) is 0 Å². The third kappa shape index (κ3) is 4.36. The Bertz CT molecular complexity index is 436. The number of thiocarbonyl (C=S) groups is 1. The van der Waals surface area contributed by atoms with Gasteiger partial charge in [0, 0.05) is 17.6 Å². The van der Waals surface area contributed by atoms with Crippen molar-refractivity contribution in [2.75, 3.05) is 0 Å². The van der Waals surface area contributed by atoms with Gasteiger partial charge >= 0.3 is 0 Å². The van der Waals surface area contributed by atoms with Gasteiger partial charge in [-0.15, -0.1) is 0 Å². The first-order valence-electron chi connectivity index (χ1n) is 6.94. The maximum Gasteiger partial charge on any atom is 0.166 e. The lowest BCUT2D eigenvalue weighted by Gasteiger charge is -2.30. The monoisotopic (exact) mass is 296 g/mol. The molecule has 2 N–H and O–H groups in total. The minimum absolute atomic E-state index is 0.514. The Morgan fingerprint density at radius 2 is 2.05 bits per heavy atom. The molecule has 19 heavy (non-hydrogen) atoms. The quantitative estimate of drug-likeness (QED) is 0.828. The van der Waals surface area contributed by atoms with Crippen LogP contribution in [0, 0.1) is 5.92 Å². The van der Waals surface area contributed by atoms with Crippen LogP contribution in [0.1, 0.15) is 38.2 Å². The number of hydrogen-bond donors (Lipinski definition) is 2. The smallest absolute Gasteiger partial charge is 0.166 e. The maximum atomic E-state index is 6.12. The molecule has 0 bridgehead atoms. The van der Waals surface area contributed by atoms with Crippen molar-refractivity contribution in [1.29, 1.82) is 0 Å². The third-order valence-electron chi connectivity index (χ3n) is 3.83. The van der Waals surface area contributed by atoms with Crippen molar-refractivity contribution in [2.24, 2.45) is 5.92 Å². The summed E-state index contributed by atoms with van der Waals surface area (Å²) >= 11 is 11.5. The number of benzene rings is 1. The van der Waals surface area contributed by atoms with E-state index in [1.807, 2.05) is 24.3 Å². The summed E-state index contributed by atoms with van der Waals surface area (Å²) in [5, 5.41) is 8.20. The average Bonchev–Trinajstić information content (AvgIpc) is 2.40. The van der Waals surface area contributed by atoms with Gasteiger partial charge < -0.3 is 10.6 Å². The summed E-state index contributed by atoms with van der Waals surface area (Å²) in [6.07, 6.45) is 5.16. The van der Waals surface area contributed by atoms with Gasteiger partial charge in [-0.1, -0.05) is 49.6 Å². The second-order valence-electron chi connectivity index (χ2n) is 5.29. The molecule has 1 fully saturated rings. The van der Waals surface area contributed by atoms with Crippen molar-refractivity contribution in [1.82, 2.24) is 10.6 Å². The van der Waals surface area contributed by atoms with Crippen molar-refractivity contribution in [2.45, 2.75) is 45.2 Å². The molecule has 1 aliphatic carbocycles. The van der Waals surface area contributed by atoms with Crippen LogP contribution in [-0.4, -0.2) is 11.2 Å². The lowest BCUT2D eigenvalue weighted by molar-refractivity contribution is 0.308. The molecule has 0 saturated heterocycles. The Kier molecular flexibility index (Phi) is 5.46. The summed E-state index contributed by atoms with van der Waals surface area (Å²) in [7, 11) is 0. The van der Waals surface area contributed by atoms with Crippen LogP contribution >= 0.6 is 23.8 Å². The molecule has 0 unspecified atom stereocenters. The van der Waals surface area contributed by atoms with Crippen molar-refractivity contribution >= 4 is 28.9 Å². The zero-order valence-electron chi connectivity index (χ0n) is 11.3. The van der Waals surface area contributed by atoms with Crippen LogP contribution in [0.15, 0.2) is 24.3 Å². The second kappa shape index (κ2) is 7.11. The zero-order valence-corrected chi connectivity index (χ0v) is 12.9. The molecule has 0 heterocycles. The fourth-order valence-electron chi connectivity index (χ4n) is 2.57. The van der Waals surface area contributed by atoms with E-state index >= 15 is 0 Å². The highest BCUT2D eigenvalue weighted by molar-refractivity contribution is 7.80. The van der Waals surface area contributed by atoms with E-state index in [1.54, 1.807) is 0 Å². The van der Waals surface area contributed by atoms with Crippen LogP contribution in [-0.2, 0) is 6.54 Å². The normalized spacial score (nSPS) is 22.8. The molecule has 1 aromatic rings. The molecule has 0 spiro atoms. The molecule has 2 rings (SSSR count). The molecule has 0 amide bonds. The SMILES string of the molecule is C[C@@H]1CCCC[C@@H]1NC(=S)NCc1ccccc1Cl. The third-order valence-corrected chi connectivity index (χ3v) is 4.46. The van der Waals surface area contributed by atoms with E-state index in [0.717, 1.165) is 15.7 Å². The molecular formula is C15H21ClN2S. The van der Waals surface area contributed by atoms with Gasteiger partial charge in [-0.25, -0.2) is 0 Å². The van der Waals surface area contributed by atoms with Gasteiger partial charge in [0.05, 0.1) is 0 Å². The molecule has 104 valence electrons. The fourth-order valence-corrected chi connectivity index (χ4v) is 2.99. The molecule has 1 aromatic carbocycles. The molecule has 0 aliphatic heterocycles. The first-order valence-corrected chi connectivity index (χ1v) is 7.73. The number of rotatable bonds is 3. The average molecular weight is 297 g/mol. The van der Waals surface area contributed by atoms with Crippen LogP contribution < -0.4 is 10.6 Å². The van der Waals surface area contributed by atoms with Crippen molar-refractivity contribution < 1.29 is 0 Å². The molecule has 0 aromatic heterocycles. The van der Waals surface area contributed by atoms with E-state index in [9.17, 15) is 0 Å². The van der Waals surface area contributed by atoms with Crippen LogP contribution in [0.4, 0.5) is 0 Å². The number of nitrogens with one attached hydrogen (secondary N) is 2. The first-order chi connectivity index (χ1) is 9.16. The first kappa shape index (κ1) is 14.6. The Hall–Kier alpha value is -0.800. The van der Waals surface area contributed by atoms with E-state index in [0.29, 0.717) is 18.5 Å². The predicted octanol–water partition coefficient (Wildman–Crippen LogP) is 3.88. The summed E-state index contributed by atoms with van der Waals surface area (Å²) in [6, 6.07) is 8.36. The predicted molar refractivity (Wildman–Crippen MR) is 85.4 cm³/mol. The minimum atomic E-state index is 0.514. The maximum absolute atomic E-state index is 6.12. The summed E-state index contributed by atoms with van der Waals surface area (Å²) in [6.45, 7) is 2.97. The van der Waals surface area contributed by atoms with Crippen LogP contribution in [0.25, 0.3) is 0 Å². The lowest BCUT2D eigenvalue weighted by atomic mass is 9.86. The molecule has 2 atom stereocenters. The van der Waals surface area contributed by atoms with Crippen molar-refractivity contribution in [3.63, 3.8) is 0 Å². The topological polar surface area (TPSA) is 24.1 Å². The lowest BCUT2D eigenvalue weighted by Crippen LogP contribution is -2.45. The van der Waals surface area contributed by atoms with Gasteiger partial charge in [0.2, 0.25) is 0 Å². The van der Waals surface area contributed by atoms with Crippen LogP contribution in [0.3, 0.4) is 0 Å². The van der Waals surface area contributed by atoms with Gasteiger partial charge in [0.15, 0.2) is 5.11 Å². The van der Waals surface area contributed by atoms with Crippen molar-refractivity contribution in [3.05, 3.63) is 34.9 Å². The van der Waals surface area contributed by atoms with Crippen LogP contribution in [0.2, 0.25) is 5.02 Å². The number of hydrogen-bond acceptors (Lipinski definition) is 1. The van der Waals surface area contributed by atoms with E-state index in [2.05, 4.69) is 17.6 Å². The molecule has 4 heteroatoms. The summed E-state index contributed by atoms with van der Waals surface area (Å²) in [5.41, 5.74) is 1.07. The second-order valence-corrected chi connectivity index (χ2v) is 6.10. The Morgan fingerprint density at radius 3 is 2.79 bits per heavy atom. The van der Waals surface area contributed by atoms with E-state index in [4.69, 9.17) is 23.8 Å². The van der Waals surface area contributed by atoms with Gasteiger partial charge in [0.1, 0.15) is 0 Å². The van der Waals surface area contributed by atoms with Gasteiger partial charge in [-0.3, -0.25) is 0 Å². The summed E-state index contributed by atoms with van der Waals surface area (Å²) in [4.78, 5) is 0. The molecular weight excluding hydrogens is 276 g/mol. The molecule has 0 radical (unpaired) electrons. The zero-order chi connectivity index (χ0) is 13.7. The van der Waals surface area contributed by atoms with Crippen LogP contribution in [0.5, 0.6) is 0 Å². The van der Waals surface area contributed by atoms with Gasteiger partial charge in [0.25, 0.3) is 0 Å².